The van der Waals surface area contributed by atoms with Crippen LogP contribution in [-0.2, 0) is 14.6 Å². The van der Waals surface area contributed by atoms with E-state index in [1.165, 1.54) is 37.1 Å². The molecule has 0 heterocycles. The van der Waals surface area contributed by atoms with Gasteiger partial charge in [0.1, 0.15) is 5.75 Å². The van der Waals surface area contributed by atoms with Crippen molar-refractivity contribution >= 4 is 33.5 Å². The Morgan fingerprint density at radius 3 is 2.59 bits per heavy atom. The van der Waals surface area contributed by atoms with Gasteiger partial charge in [0.15, 0.2) is 9.84 Å². The molecule has 0 aliphatic heterocycles. The predicted molar refractivity (Wildman–Crippen MR) is 83.4 cm³/mol. The van der Waals surface area contributed by atoms with Crippen molar-refractivity contribution in [2.45, 2.75) is 4.90 Å². The molecule has 0 radical (unpaired) electrons. The van der Waals surface area contributed by atoms with Crippen molar-refractivity contribution in [1.29, 1.82) is 0 Å². The number of nitrogens with one attached hydrogen (secondary N) is 1. The molecule has 1 amide bonds. The molecule has 0 spiro atoms. The lowest BCUT2D eigenvalue weighted by Crippen LogP contribution is -2.26. The minimum atomic E-state index is -3.43. The van der Waals surface area contributed by atoms with E-state index in [1.807, 2.05) is 0 Å². The van der Waals surface area contributed by atoms with Gasteiger partial charge in [-0.2, -0.15) is 0 Å². The molecule has 122 valence electrons. The Bertz CT molecular complexity index is 656. The third-order valence-corrected chi connectivity index (χ3v) is 4.66. The molecule has 7 nitrogen and oxygen atoms in total. The summed E-state index contributed by atoms with van der Waals surface area (Å²) < 4.78 is 28.1. The fourth-order valence-corrected chi connectivity index (χ4v) is 2.80. The summed E-state index contributed by atoms with van der Waals surface area (Å²) in [6, 6.07) is 4.05. The molecule has 0 unspecified atom stereocenters. The van der Waals surface area contributed by atoms with Gasteiger partial charge in [-0.1, -0.05) is 0 Å². The van der Waals surface area contributed by atoms with E-state index < -0.39 is 21.7 Å². The summed E-state index contributed by atoms with van der Waals surface area (Å²) in [6.45, 7) is 0.267. The number of rotatable bonds is 8. The number of methoxy groups -OCH3 is 1. The van der Waals surface area contributed by atoms with Gasteiger partial charge in [0.25, 0.3) is 5.91 Å². The minimum Gasteiger partial charge on any atom is -0.496 e. The highest BCUT2D eigenvalue weighted by Crippen LogP contribution is 2.22. The Morgan fingerprint density at radius 1 is 1.36 bits per heavy atom. The molecule has 0 aromatic heterocycles. The molecule has 0 bridgehead atoms. The first kappa shape index (κ1) is 18.3. The number of carboxylic acids is 1. The molecular formula is C13H17NO6S2. The number of hydrogen-bond donors (Lipinski definition) is 2. The third-order valence-electron chi connectivity index (χ3n) is 2.60. The van der Waals surface area contributed by atoms with Gasteiger partial charge in [-0.05, 0) is 18.2 Å². The zero-order valence-corrected chi connectivity index (χ0v) is 13.8. The molecule has 0 saturated carbocycles. The van der Waals surface area contributed by atoms with E-state index in [1.54, 1.807) is 0 Å². The van der Waals surface area contributed by atoms with Crippen LogP contribution in [0.4, 0.5) is 0 Å². The number of benzene rings is 1. The number of hydrogen-bond acceptors (Lipinski definition) is 6. The first-order valence-electron chi connectivity index (χ1n) is 6.21. The lowest BCUT2D eigenvalue weighted by Gasteiger charge is -2.10. The van der Waals surface area contributed by atoms with Crippen LogP contribution in [0.25, 0.3) is 0 Å². The molecular weight excluding hydrogens is 330 g/mol. The number of ether oxygens (including phenoxy) is 1. The van der Waals surface area contributed by atoms with Crippen LogP contribution in [0.15, 0.2) is 23.1 Å². The first-order valence-corrected chi connectivity index (χ1v) is 9.26. The largest absolute Gasteiger partial charge is 0.496 e. The van der Waals surface area contributed by atoms with Crippen molar-refractivity contribution in [3.8, 4) is 5.75 Å². The summed E-state index contributed by atoms with van der Waals surface area (Å²) in [7, 11) is -2.04. The van der Waals surface area contributed by atoms with E-state index in [0.29, 0.717) is 5.75 Å². The molecule has 0 atom stereocenters. The molecule has 0 fully saturated rings. The summed E-state index contributed by atoms with van der Waals surface area (Å²) in [6.07, 6.45) is 1.05. The molecule has 2 N–H and O–H groups in total. The normalized spacial score (nSPS) is 11.0. The monoisotopic (exact) mass is 347 g/mol. The Kier molecular flexibility index (Phi) is 6.69. The molecule has 1 aromatic carbocycles. The maximum absolute atomic E-state index is 12.1. The highest BCUT2D eigenvalue weighted by Gasteiger charge is 2.16. The number of carboxylic acid groups (broad SMARTS) is 1. The van der Waals surface area contributed by atoms with Crippen molar-refractivity contribution < 1.29 is 27.9 Å². The number of aliphatic carboxylic acids is 1. The van der Waals surface area contributed by atoms with Gasteiger partial charge in [-0.25, -0.2) is 8.42 Å². The summed E-state index contributed by atoms with van der Waals surface area (Å²) in [5.74, 6) is -0.727. The molecule has 0 aliphatic rings. The van der Waals surface area contributed by atoms with E-state index in [0.717, 1.165) is 6.26 Å². The van der Waals surface area contributed by atoms with Crippen molar-refractivity contribution in [3.63, 3.8) is 0 Å². The van der Waals surface area contributed by atoms with E-state index in [-0.39, 0.29) is 28.5 Å². The zero-order valence-electron chi connectivity index (χ0n) is 12.2. The quantitative estimate of drug-likeness (QED) is 0.664. The standard InChI is InChI=1S/C13H17NO6S2/c1-20-11-4-3-9(22(2,18)19)7-10(11)13(17)14-5-6-21-8-12(15)16/h3-4,7H,5-6,8H2,1-2H3,(H,14,17)(H,15,16). The second-order valence-corrected chi connectivity index (χ2v) is 7.46. The van der Waals surface area contributed by atoms with Gasteiger partial charge in [0.2, 0.25) is 0 Å². The van der Waals surface area contributed by atoms with E-state index in [9.17, 15) is 18.0 Å². The summed E-state index contributed by atoms with van der Waals surface area (Å²) >= 11 is 1.17. The number of sulfone groups is 1. The van der Waals surface area contributed by atoms with Gasteiger partial charge >= 0.3 is 5.97 Å². The minimum absolute atomic E-state index is 0.0266. The van der Waals surface area contributed by atoms with Crippen molar-refractivity contribution in [2.24, 2.45) is 0 Å². The predicted octanol–water partition coefficient (Wildman–Crippen LogP) is 0.646. The van der Waals surface area contributed by atoms with Crippen LogP contribution in [0, 0.1) is 0 Å². The highest BCUT2D eigenvalue weighted by atomic mass is 32.2. The van der Waals surface area contributed by atoms with Gasteiger partial charge < -0.3 is 15.2 Å². The summed E-state index contributed by atoms with van der Waals surface area (Å²) in [5.41, 5.74) is 0.119. The second kappa shape index (κ2) is 8.04. The zero-order chi connectivity index (χ0) is 16.8. The second-order valence-electron chi connectivity index (χ2n) is 4.34. The first-order chi connectivity index (χ1) is 10.3. The van der Waals surface area contributed by atoms with Crippen LogP contribution in [0.3, 0.4) is 0 Å². The molecule has 9 heteroatoms. The molecule has 1 aromatic rings. The smallest absolute Gasteiger partial charge is 0.313 e. The average Bonchev–Trinajstić information content (AvgIpc) is 2.44. The van der Waals surface area contributed by atoms with Gasteiger partial charge in [-0.3, -0.25) is 9.59 Å². The van der Waals surface area contributed by atoms with E-state index in [2.05, 4.69) is 5.32 Å². The Labute approximate surface area is 133 Å². The van der Waals surface area contributed by atoms with Crippen molar-refractivity contribution in [1.82, 2.24) is 5.32 Å². The van der Waals surface area contributed by atoms with Gasteiger partial charge in [-0.15, -0.1) is 11.8 Å². The van der Waals surface area contributed by atoms with E-state index >= 15 is 0 Å². The molecule has 0 aliphatic carbocycles. The fraction of sp³-hybridized carbons (Fsp3) is 0.385. The number of amides is 1. The fourth-order valence-electron chi connectivity index (χ4n) is 1.59. The lowest BCUT2D eigenvalue weighted by atomic mass is 10.2. The van der Waals surface area contributed by atoms with Crippen LogP contribution in [0.2, 0.25) is 0 Å². The Morgan fingerprint density at radius 2 is 2.05 bits per heavy atom. The van der Waals surface area contributed by atoms with Crippen molar-refractivity contribution in [2.75, 3.05) is 31.4 Å². The van der Waals surface area contributed by atoms with Crippen LogP contribution < -0.4 is 10.1 Å². The summed E-state index contributed by atoms with van der Waals surface area (Å²) in [5, 5.41) is 11.1. The maximum atomic E-state index is 12.1. The van der Waals surface area contributed by atoms with Crippen LogP contribution in [-0.4, -0.2) is 56.8 Å². The summed E-state index contributed by atoms with van der Waals surface area (Å²) in [4.78, 5) is 22.5. The average molecular weight is 347 g/mol. The Hall–Kier alpha value is -1.74. The van der Waals surface area contributed by atoms with Gasteiger partial charge in [0, 0.05) is 18.6 Å². The van der Waals surface area contributed by atoms with Crippen molar-refractivity contribution in [3.05, 3.63) is 23.8 Å². The maximum Gasteiger partial charge on any atom is 0.313 e. The lowest BCUT2D eigenvalue weighted by molar-refractivity contribution is -0.133. The topological polar surface area (TPSA) is 110 Å². The highest BCUT2D eigenvalue weighted by molar-refractivity contribution is 7.99. The molecule has 1 rings (SSSR count). The number of carbonyl (C=O) groups is 2. The SMILES string of the molecule is COc1ccc(S(C)(=O)=O)cc1C(=O)NCCSCC(=O)O. The Balaban J connectivity index is 2.77. The molecule has 0 saturated heterocycles. The number of carbonyl (C=O) groups excluding carboxylic acids is 1. The van der Waals surface area contributed by atoms with Crippen LogP contribution in [0.5, 0.6) is 5.75 Å². The third kappa shape index (κ3) is 5.57. The van der Waals surface area contributed by atoms with Crippen LogP contribution in [0.1, 0.15) is 10.4 Å². The molecule has 22 heavy (non-hydrogen) atoms. The van der Waals surface area contributed by atoms with Gasteiger partial charge in [0.05, 0.1) is 23.3 Å². The van der Waals surface area contributed by atoms with Crippen LogP contribution >= 0.6 is 11.8 Å². The number of thioether (sulfide) groups is 1. The van der Waals surface area contributed by atoms with E-state index in [4.69, 9.17) is 9.84 Å².